The fraction of sp³-hybridized carbons (Fsp3) is 0.150. The molecule has 9 nitrogen and oxygen atoms in total. The Morgan fingerprint density at radius 1 is 1.13 bits per heavy atom. The lowest BCUT2D eigenvalue weighted by atomic mass is 10.2. The molecule has 1 N–H and O–H groups in total. The highest BCUT2D eigenvalue weighted by molar-refractivity contribution is 6.53. The molecule has 1 aliphatic heterocycles. The molecule has 30 heavy (non-hydrogen) atoms. The summed E-state index contributed by atoms with van der Waals surface area (Å²) in [6.07, 6.45) is -0.310. The number of para-hydroxylation sites is 2. The maximum atomic E-state index is 12.9. The van der Waals surface area contributed by atoms with Crippen molar-refractivity contribution in [3.8, 4) is 0 Å². The van der Waals surface area contributed by atoms with Gasteiger partial charge in [-0.05, 0) is 38.1 Å². The van der Waals surface area contributed by atoms with Crippen molar-refractivity contribution >= 4 is 46.4 Å². The third-order valence-electron chi connectivity index (χ3n) is 4.06. The van der Waals surface area contributed by atoms with Gasteiger partial charge in [-0.2, -0.15) is 0 Å². The van der Waals surface area contributed by atoms with Crippen LogP contribution in [0.2, 0.25) is 0 Å². The Kier molecular flexibility index (Phi) is 5.84. The van der Waals surface area contributed by atoms with Crippen LogP contribution in [-0.4, -0.2) is 28.8 Å². The number of nitrogens with zero attached hydrogens (tertiary/aromatic N) is 2. The van der Waals surface area contributed by atoms with E-state index in [-0.39, 0.29) is 23.1 Å². The normalized spacial score (nSPS) is 13.8. The number of carbonyl (C=O) groups excluding carboxylic acids is 3. The van der Waals surface area contributed by atoms with Crippen LogP contribution >= 0.6 is 11.6 Å². The summed E-state index contributed by atoms with van der Waals surface area (Å²) in [5, 5.41) is 13.6. The zero-order valence-corrected chi connectivity index (χ0v) is 16.7. The topological polar surface area (TPSA) is 119 Å². The van der Waals surface area contributed by atoms with Gasteiger partial charge in [0.15, 0.2) is 0 Å². The fourth-order valence-corrected chi connectivity index (χ4v) is 3.00. The summed E-state index contributed by atoms with van der Waals surface area (Å²) in [6, 6.07) is 11.4. The number of amides is 2. The maximum absolute atomic E-state index is 12.9. The molecule has 0 unspecified atom stereocenters. The van der Waals surface area contributed by atoms with Gasteiger partial charge >= 0.3 is 5.97 Å². The molecule has 0 aliphatic carbocycles. The minimum Gasteiger partial charge on any atom is -0.459 e. The molecule has 0 aromatic heterocycles. The molecule has 0 radical (unpaired) electrons. The van der Waals surface area contributed by atoms with Crippen molar-refractivity contribution in [3.05, 3.63) is 74.9 Å². The fourth-order valence-electron chi connectivity index (χ4n) is 2.79. The number of benzene rings is 2. The lowest BCUT2D eigenvalue weighted by Crippen LogP contribution is -2.32. The molecule has 3 rings (SSSR count). The number of anilines is 2. The average molecular weight is 430 g/mol. The van der Waals surface area contributed by atoms with Crippen LogP contribution in [-0.2, 0) is 14.3 Å². The second-order valence-corrected chi connectivity index (χ2v) is 6.92. The predicted octanol–water partition coefficient (Wildman–Crippen LogP) is 3.60. The number of hydrogen-bond acceptors (Lipinski definition) is 7. The van der Waals surface area contributed by atoms with E-state index < -0.39 is 33.4 Å². The Morgan fingerprint density at radius 2 is 1.83 bits per heavy atom. The van der Waals surface area contributed by atoms with E-state index in [0.717, 1.165) is 0 Å². The lowest BCUT2D eigenvalue weighted by molar-refractivity contribution is -0.384. The Balaban J connectivity index is 1.90. The monoisotopic (exact) mass is 429 g/mol. The summed E-state index contributed by atoms with van der Waals surface area (Å²) in [4.78, 5) is 48.7. The molecule has 2 aromatic carbocycles. The summed E-state index contributed by atoms with van der Waals surface area (Å²) in [5.74, 6) is -2.30. The van der Waals surface area contributed by atoms with E-state index in [2.05, 4.69) is 5.32 Å². The van der Waals surface area contributed by atoms with Crippen LogP contribution in [0.25, 0.3) is 0 Å². The number of nitrogens with one attached hydrogen (secondary N) is 1. The molecule has 1 heterocycles. The van der Waals surface area contributed by atoms with Gasteiger partial charge in [-0.25, -0.2) is 9.69 Å². The Hall–Kier alpha value is -3.72. The molecule has 154 valence electrons. The predicted molar refractivity (Wildman–Crippen MR) is 109 cm³/mol. The van der Waals surface area contributed by atoms with Gasteiger partial charge in [0, 0.05) is 11.8 Å². The second-order valence-electron chi connectivity index (χ2n) is 6.54. The molecule has 10 heteroatoms. The molecule has 1 aliphatic rings. The Bertz CT molecular complexity index is 1100. The first-order chi connectivity index (χ1) is 14.2. The van der Waals surface area contributed by atoms with Crippen LogP contribution in [0.5, 0.6) is 0 Å². The van der Waals surface area contributed by atoms with E-state index in [0.29, 0.717) is 10.6 Å². The van der Waals surface area contributed by atoms with Crippen LogP contribution < -0.4 is 10.2 Å². The minimum atomic E-state index is -0.895. The summed E-state index contributed by atoms with van der Waals surface area (Å²) >= 11 is 6.06. The van der Waals surface area contributed by atoms with Crippen LogP contribution in [0.15, 0.2) is 59.3 Å². The van der Waals surface area contributed by atoms with Crippen molar-refractivity contribution in [1.82, 2.24) is 0 Å². The van der Waals surface area contributed by atoms with E-state index in [1.165, 1.54) is 36.4 Å². The highest BCUT2D eigenvalue weighted by Gasteiger charge is 2.41. The number of halogens is 1. The van der Waals surface area contributed by atoms with Gasteiger partial charge < -0.3 is 10.1 Å². The first-order valence-electron chi connectivity index (χ1n) is 8.80. The zero-order chi connectivity index (χ0) is 22.0. The molecule has 0 spiro atoms. The van der Waals surface area contributed by atoms with Crippen molar-refractivity contribution in [2.24, 2.45) is 0 Å². The third kappa shape index (κ3) is 4.01. The van der Waals surface area contributed by atoms with Crippen LogP contribution in [0.3, 0.4) is 0 Å². The first kappa shape index (κ1) is 21.0. The highest BCUT2D eigenvalue weighted by atomic mass is 35.5. The van der Waals surface area contributed by atoms with Crippen molar-refractivity contribution < 1.29 is 24.0 Å². The van der Waals surface area contributed by atoms with Crippen molar-refractivity contribution in [2.75, 3.05) is 10.2 Å². The van der Waals surface area contributed by atoms with Crippen LogP contribution in [0, 0.1) is 10.1 Å². The van der Waals surface area contributed by atoms with Crippen molar-refractivity contribution in [3.63, 3.8) is 0 Å². The number of rotatable bonds is 6. The molecule has 0 fully saturated rings. The van der Waals surface area contributed by atoms with E-state index in [4.69, 9.17) is 16.3 Å². The quantitative estimate of drug-likeness (QED) is 0.322. The molecule has 0 bridgehead atoms. The van der Waals surface area contributed by atoms with Gasteiger partial charge in [0.25, 0.3) is 17.5 Å². The maximum Gasteiger partial charge on any atom is 0.338 e. The van der Waals surface area contributed by atoms with E-state index in [1.807, 2.05) is 0 Å². The highest BCUT2D eigenvalue weighted by Crippen LogP contribution is 2.35. The molecular formula is C20H16ClN3O6. The molecule has 0 saturated heterocycles. The van der Waals surface area contributed by atoms with Crippen molar-refractivity contribution in [2.45, 2.75) is 20.0 Å². The van der Waals surface area contributed by atoms with Gasteiger partial charge in [0.05, 0.1) is 16.6 Å². The number of imide groups is 1. The van der Waals surface area contributed by atoms with Crippen LogP contribution in [0.4, 0.5) is 17.1 Å². The number of ether oxygens (including phenoxy) is 1. The molecule has 2 amide bonds. The van der Waals surface area contributed by atoms with Gasteiger partial charge in [-0.3, -0.25) is 19.7 Å². The Labute approximate surface area is 176 Å². The first-order valence-corrected chi connectivity index (χ1v) is 9.18. The van der Waals surface area contributed by atoms with Gasteiger partial charge in [0.2, 0.25) is 0 Å². The number of hydrogen-bond donors (Lipinski definition) is 1. The third-order valence-corrected chi connectivity index (χ3v) is 4.41. The number of carbonyl (C=O) groups is 3. The molecule has 2 aromatic rings. The lowest BCUT2D eigenvalue weighted by Gasteiger charge is -2.15. The van der Waals surface area contributed by atoms with Crippen LogP contribution in [0.1, 0.15) is 24.2 Å². The molecule has 0 saturated carbocycles. The standard InChI is InChI=1S/C20H16ClN3O6/c1-11(2)30-20(27)12-6-5-7-13(10-12)22-17-16(21)18(25)23(19(17)26)14-8-3-4-9-15(14)24(28)29/h3-11,22H,1-2H3. The summed E-state index contributed by atoms with van der Waals surface area (Å²) in [6.45, 7) is 3.43. The van der Waals surface area contributed by atoms with E-state index in [9.17, 15) is 24.5 Å². The van der Waals surface area contributed by atoms with Gasteiger partial charge in [-0.1, -0.05) is 29.8 Å². The minimum absolute atomic E-state index is 0.193. The van der Waals surface area contributed by atoms with E-state index in [1.54, 1.807) is 26.0 Å². The number of nitro benzene ring substituents is 1. The molecular weight excluding hydrogens is 414 g/mol. The number of nitro groups is 1. The smallest absolute Gasteiger partial charge is 0.338 e. The van der Waals surface area contributed by atoms with Gasteiger partial charge in [0.1, 0.15) is 16.4 Å². The SMILES string of the molecule is CC(C)OC(=O)c1cccc(NC2=C(Cl)C(=O)N(c3ccccc3[N+](=O)[O-])C2=O)c1. The second kappa shape index (κ2) is 8.34. The molecule has 0 atom stereocenters. The summed E-state index contributed by atoms with van der Waals surface area (Å²) in [5.41, 5.74) is -0.316. The summed E-state index contributed by atoms with van der Waals surface area (Å²) < 4.78 is 5.13. The number of esters is 1. The van der Waals surface area contributed by atoms with Gasteiger partial charge in [-0.15, -0.1) is 0 Å². The average Bonchev–Trinajstić information content (AvgIpc) is 2.91. The van der Waals surface area contributed by atoms with E-state index >= 15 is 0 Å². The van der Waals surface area contributed by atoms with Crippen molar-refractivity contribution in [1.29, 1.82) is 0 Å². The Morgan fingerprint density at radius 3 is 2.50 bits per heavy atom. The zero-order valence-electron chi connectivity index (χ0n) is 15.9. The summed E-state index contributed by atoms with van der Waals surface area (Å²) in [7, 11) is 0. The largest absolute Gasteiger partial charge is 0.459 e.